The van der Waals surface area contributed by atoms with Gasteiger partial charge in [-0.3, -0.25) is 4.79 Å². The minimum Gasteiger partial charge on any atom is -0.454 e. The molecule has 0 unspecified atom stereocenters. The van der Waals surface area contributed by atoms with Gasteiger partial charge in [0.15, 0.2) is 11.5 Å². The van der Waals surface area contributed by atoms with Crippen LogP contribution in [0.2, 0.25) is 0 Å². The summed E-state index contributed by atoms with van der Waals surface area (Å²) in [4.78, 5) is 14.0. The number of thiophene rings is 1. The van der Waals surface area contributed by atoms with Crippen molar-refractivity contribution in [3.05, 3.63) is 34.2 Å². The molecular formula is C22H20N4O4S2. The number of aryl methyl sites for hydroxylation is 1. The van der Waals surface area contributed by atoms with E-state index in [-0.39, 0.29) is 12.7 Å². The number of ether oxygens (including phenoxy) is 2. The molecule has 10 heteroatoms. The molecule has 5 rings (SSSR count). The van der Waals surface area contributed by atoms with E-state index >= 15 is 0 Å². The molecular weight excluding hydrogens is 448 g/mol. The molecule has 1 aliphatic heterocycles. The number of carbonyl (C=O) groups is 1. The van der Waals surface area contributed by atoms with Crippen LogP contribution in [-0.2, 0) is 17.6 Å². The van der Waals surface area contributed by atoms with E-state index in [1.54, 1.807) is 19.1 Å². The lowest BCUT2D eigenvalue weighted by molar-refractivity contribution is -0.115. The van der Waals surface area contributed by atoms with Crippen LogP contribution >= 0.6 is 23.1 Å². The van der Waals surface area contributed by atoms with Gasteiger partial charge in [0.2, 0.25) is 18.6 Å². The van der Waals surface area contributed by atoms with Crippen molar-refractivity contribution in [3.63, 3.8) is 0 Å². The average Bonchev–Trinajstić information content (AvgIpc) is 3.48. The SMILES string of the molecule is C[C@@H](Sc1nnc(-c2ccc3c(c2)OCO3)o1)C(=O)Nc1sc2c(c1C#N)CCCCC2. The van der Waals surface area contributed by atoms with Crippen LogP contribution in [0.15, 0.2) is 27.8 Å². The average molecular weight is 469 g/mol. The van der Waals surface area contributed by atoms with Gasteiger partial charge < -0.3 is 19.2 Å². The maximum Gasteiger partial charge on any atom is 0.277 e. The summed E-state index contributed by atoms with van der Waals surface area (Å²) in [5.74, 6) is 1.44. The molecule has 8 nitrogen and oxygen atoms in total. The molecule has 1 atom stereocenters. The first-order chi connectivity index (χ1) is 15.6. The van der Waals surface area contributed by atoms with Crippen molar-refractivity contribution in [2.45, 2.75) is 49.5 Å². The van der Waals surface area contributed by atoms with E-state index < -0.39 is 5.25 Å². The van der Waals surface area contributed by atoms with Gasteiger partial charge in [-0.15, -0.1) is 21.5 Å². The van der Waals surface area contributed by atoms with Crippen molar-refractivity contribution >= 4 is 34.0 Å². The van der Waals surface area contributed by atoms with E-state index in [0.29, 0.717) is 38.7 Å². The van der Waals surface area contributed by atoms with Crippen LogP contribution in [0.25, 0.3) is 11.5 Å². The molecule has 2 aromatic heterocycles. The molecule has 2 aliphatic rings. The topological polar surface area (TPSA) is 110 Å². The third kappa shape index (κ3) is 4.06. The fourth-order valence-electron chi connectivity index (χ4n) is 3.77. The number of aromatic nitrogens is 2. The third-order valence-corrected chi connectivity index (χ3v) is 7.58. The largest absolute Gasteiger partial charge is 0.454 e. The predicted molar refractivity (Wildman–Crippen MR) is 120 cm³/mol. The van der Waals surface area contributed by atoms with Crippen LogP contribution in [-0.4, -0.2) is 28.1 Å². The molecule has 1 N–H and O–H groups in total. The Labute approximate surface area is 192 Å². The normalized spacial score (nSPS) is 15.5. The summed E-state index contributed by atoms with van der Waals surface area (Å²) in [5, 5.41) is 21.2. The molecule has 0 saturated carbocycles. The molecule has 32 heavy (non-hydrogen) atoms. The van der Waals surface area contributed by atoms with Gasteiger partial charge >= 0.3 is 0 Å². The number of hydrogen-bond donors (Lipinski definition) is 1. The zero-order chi connectivity index (χ0) is 22.1. The smallest absolute Gasteiger partial charge is 0.277 e. The van der Waals surface area contributed by atoms with Crippen molar-refractivity contribution in [2.75, 3.05) is 12.1 Å². The Morgan fingerprint density at radius 1 is 1.22 bits per heavy atom. The molecule has 3 heterocycles. The van der Waals surface area contributed by atoms with Gasteiger partial charge in [0, 0.05) is 10.4 Å². The van der Waals surface area contributed by atoms with Crippen molar-refractivity contribution in [1.82, 2.24) is 10.2 Å². The highest BCUT2D eigenvalue weighted by Gasteiger charge is 2.24. The van der Waals surface area contributed by atoms with Crippen molar-refractivity contribution < 1.29 is 18.7 Å². The van der Waals surface area contributed by atoms with E-state index in [9.17, 15) is 10.1 Å². The molecule has 1 aliphatic carbocycles. The van der Waals surface area contributed by atoms with Gasteiger partial charge in [-0.2, -0.15) is 5.26 Å². The lowest BCUT2D eigenvalue weighted by atomic mass is 10.1. The second-order valence-corrected chi connectivity index (χ2v) is 9.97. The fraction of sp³-hybridized carbons (Fsp3) is 0.364. The standard InChI is InChI=1S/C22H20N4O4S2/c1-12(19(27)24-21-15(10-23)14-5-3-2-4-6-18(14)32-21)31-22-26-25-20(30-22)13-7-8-16-17(9-13)29-11-28-16/h7-9,12H,2-6,11H2,1H3,(H,24,27)/t12-/m1/s1. The van der Waals surface area contributed by atoms with E-state index in [0.717, 1.165) is 31.2 Å². The van der Waals surface area contributed by atoms with Gasteiger partial charge in [-0.1, -0.05) is 18.2 Å². The van der Waals surface area contributed by atoms with E-state index in [1.807, 2.05) is 6.07 Å². The van der Waals surface area contributed by atoms with Gasteiger partial charge in [-0.25, -0.2) is 0 Å². The van der Waals surface area contributed by atoms with Crippen LogP contribution in [0.1, 0.15) is 42.2 Å². The first-order valence-corrected chi connectivity index (χ1v) is 12.1. The maximum atomic E-state index is 12.8. The summed E-state index contributed by atoms with van der Waals surface area (Å²) in [5.41, 5.74) is 2.43. The zero-order valence-corrected chi connectivity index (χ0v) is 19.0. The Balaban J connectivity index is 1.27. The molecule has 1 aromatic carbocycles. The number of nitrogens with zero attached hydrogens (tertiary/aromatic N) is 3. The molecule has 164 valence electrons. The Bertz CT molecular complexity index is 1210. The number of hydrogen-bond acceptors (Lipinski definition) is 9. The van der Waals surface area contributed by atoms with Crippen LogP contribution in [0.3, 0.4) is 0 Å². The molecule has 1 amide bonds. The number of nitriles is 1. The molecule has 0 fully saturated rings. The number of amides is 1. The van der Waals surface area contributed by atoms with Crippen LogP contribution in [0.4, 0.5) is 5.00 Å². The second kappa shape index (κ2) is 8.84. The third-order valence-electron chi connectivity index (χ3n) is 5.44. The van der Waals surface area contributed by atoms with E-state index in [4.69, 9.17) is 13.9 Å². The van der Waals surface area contributed by atoms with E-state index in [1.165, 1.54) is 34.4 Å². The lowest BCUT2D eigenvalue weighted by Crippen LogP contribution is -2.22. The summed E-state index contributed by atoms with van der Waals surface area (Å²) >= 11 is 2.70. The highest BCUT2D eigenvalue weighted by atomic mass is 32.2. The van der Waals surface area contributed by atoms with E-state index in [2.05, 4.69) is 21.6 Å². The number of fused-ring (bicyclic) bond motifs is 2. The predicted octanol–water partition coefficient (Wildman–Crippen LogP) is 4.79. The van der Waals surface area contributed by atoms with Gasteiger partial charge in [-0.05, 0) is 56.4 Å². The number of nitrogens with one attached hydrogen (secondary N) is 1. The van der Waals surface area contributed by atoms with Crippen LogP contribution < -0.4 is 14.8 Å². The number of carbonyl (C=O) groups excluding carboxylic acids is 1. The highest BCUT2D eigenvalue weighted by molar-refractivity contribution is 8.00. The summed E-state index contributed by atoms with van der Waals surface area (Å²) in [6, 6.07) is 7.68. The Morgan fingerprint density at radius 2 is 2.06 bits per heavy atom. The summed E-state index contributed by atoms with van der Waals surface area (Å²) in [6.45, 7) is 1.96. The van der Waals surface area contributed by atoms with Crippen LogP contribution in [0.5, 0.6) is 11.5 Å². The lowest BCUT2D eigenvalue weighted by Gasteiger charge is -2.09. The van der Waals surface area contributed by atoms with Crippen LogP contribution in [0, 0.1) is 11.3 Å². The Morgan fingerprint density at radius 3 is 2.94 bits per heavy atom. The van der Waals surface area contributed by atoms with Gasteiger partial charge in [0.1, 0.15) is 11.1 Å². The number of thioether (sulfide) groups is 1. The summed E-state index contributed by atoms with van der Waals surface area (Å²) < 4.78 is 16.4. The molecule has 3 aromatic rings. The van der Waals surface area contributed by atoms with Gasteiger partial charge in [0.05, 0.1) is 10.8 Å². The second-order valence-electron chi connectivity index (χ2n) is 7.57. The maximum absolute atomic E-state index is 12.8. The van der Waals surface area contributed by atoms with Gasteiger partial charge in [0.25, 0.3) is 5.22 Å². The quantitative estimate of drug-likeness (QED) is 0.420. The van der Waals surface area contributed by atoms with Crippen molar-refractivity contribution in [1.29, 1.82) is 5.26 Å². The Kier molecular flexibility index (Phi) is 5.76. The highest BCUT2D eigenvalue weighted by Crippen LogP contribution is 2.38. The minimum atomic E-state index is -0.478. The minimum absolute atomic E-state index is 0.192. The summed E-state index contributed by atoms with van der Waals surface area (Å²) in [6.07, 6.45) is 5.26. The number of rotatable bonds is 5. The number of anilines is 1. The monoisotopic (exact) mass is 468 g/mol. The first kappa shape index (κ1) is 20.8. The van der Waals surface area contributed by atoms with Crippen molar-refractivity contribution in [2.24, 2.45) is 0 Å². The molecule has 0 radical (unpaired) electrons. The first-order valence-electron chi connectivity index (χ1n) is 10.4. The zero-order valence-electron chi connectivity index (χ0n) is 17.3. The summed E-state index contributed by atoms with van der Waals surface area (Å²) in [7, 11) is 0. The number of benzene rings is 1. The molecule has 0 saturated heterocycles. The van der Waals surface area contributed by atoms with Crippen molar-refractivity contribution in [3.8, 4) is 29.0 Å². The Hall–Kier alpha value is -3.03. The molecule has 0 bridgehead atoms. The molecule has 0 spiro atoms. The fourth-order valence-corrected chi connectivity index (χ4v) is 5.70.